The van der Waals surface area contributed by atoms with Gasteiger partial charge in [-0.25, -0.2) is 0 Å². The molecular formula is C22H34O3. The second-order valence-electron chi connectivity index (χ2n) is 7.34. The predicted octanol–water partition coefficient (Wildman–Crippen LogP) is 5.62. The average Bonchev–Trinajstić information content (AvgIpc) is 3.06. The quantitative estimate of drug-likeness (QED) is 0.488. The van der Waals surface area contributed by atoms with Crippen molar-refractivity contribution in [2.24, 2.45) is 0 Å². The van der Waals surface area contributed by atoms with E-state index in [1.165, 1.54) is 31.2 Å². The maximum Gasteiger partial charge on any atom is 0.140 e. The highest BCUT2D eigenvalue weighted by molar-refractivity contribution is 5.87. The molecule has 1 fully saturated rings. The Morgan fingerprint density at radius 1 is 1.16 bits per heavy atom. The normalized spacial score (nSPS) is 18.5. The number of methoxy groups -OCH3 is 1. The van der Waals surface area contributed by atoms with Crippen molar-refractivity contribution >= 4 is 5.78 Å². The van der Waals surface area contributed by atoms with Crippen LogP contribution in [0.4, 0.5) is 0 Å². The molecule has 1 saturated carbocycles. The Hall–Kier alpha value is -1.35. The van der Waals surface area contributed by atoms with Gasteiger partial charge >= 0.3 is 0 Å². The molecule has 0 amide bonds. The van der Waals surface area contributed by atoms with E-state index in [4.69, 9.17) is 9.47 Å². The lowest BCUT2D eigenvalue weighted by molar-refractivity contribution is -0.118. The summed E-state index contributed by atoms with van der Waals surface area (Å²) in [5, 5.41) is 0. The molecule has 0 saturated heterocycles. The molecule has 1 aliphatic rings. The summed E-state index contributed by atoms with van der Waals surface area (Å²) in [5.74, 6) is 1.58. The molecule has 0 radical (unpaired) electrons. The number of ketones is 1. The summed E-state index contributed by atoms with van der Waals surface area (Å²) in [6.07, 6.45) is 9.00. The van der Waals surface area contributed by atoms with Gasteiger partial charge in [-0.2, -0.15) is 0 Å². The van der Waals surface area contributed by atoms with E-state index in [0.29, 0.717) is 18.1 Å². The summed E-state index contributed by atoms with van der Waals surface area (Å²) in [6.45, 7) is 5.98. The molecule has 2 atom stereocenters. The molecule has 0 spiro atoms. The van der Waals surface area contributed by atoms with Crippen LogP contribution in [0.25, 0.3) is 0 Å². The third-order valence-electron chi connectivity index (χ3n) is 5.22. The number of Topliss-reactive ketones (excluding diaryl/α,β-unsaturated/α-hetero) is 1. The van der Waals surface area contributed by atoms with Crippen LogP contribution in [0.2, 0.25) is 0 Å². The van der Waals surface area contributed by atoms with Crippen molar-refractivity contribution in [1.29, 1.82) is 0 Å². The van der Waals surface area contributed by atoms with E-state index >= 15 is 0 Å². The zero-order valence-electron chi connectivity index (χ0n) is 16.2. The Labute approximate surface area is 153 Å². The smallest absolute Gasteiger partial charge is 0.140 e. The molecule has 0 aromatic heterocycles. The molecule has 2 unspecified atom stereocenters. The van der Waals surface area contributed by atoms with Crippen molar-refractivity contribution in [2.75, 3.05) is 20.3 Å². The van der Waals surface area contributed by atoms with Gasteiger partial charge in [0, 0.05) is 24.9 Å². The van der Waals surface area contributed by atoms with Crippen LogP contribution in [0.3, 0.4) is 0 Å². The van der Waals surface area contributed by atoms with E-state index in [1.807, 2.05) is 6.07 Å². The number of carbonyl (C=O) groups is 1. The van der Waals surface area contributed by atoms with Gasteiger partial charge in [0.25, 0.3) is 0 Å². The predicted molar refractivity (Wildman–Crippen MR) is 103 cm³/mol. The van der Waals surface area contributed by atoms with Crippen LogP contribution >= 0.6 is 0 Å². The molecule has 0 aliphatic heterocycles. The molecule has 1 aromatic rings. The van der Waals surface area contributed by atoms with Gasteiger partial charge in [0.15, 0.2) is 0 Å². The van der Waals surface area contributed by atoms with Crippen molar-refractivity contribution < 1.29 is 14.3 Å². The standard InChI is InChI=1S/C22H34O3/c1-4-5-6-7-8-12-25-16-17(2)18-13-19(15-20(14-18)24-3)21-10-9-11-22(21)23/h13-15,17,21H,4-12,16H2,1-3H3. The van der Waals surface area contributed by atoms with Crippen LogP contribution in [-0.2, 0) is 9.53 Å². The third-order valence-corrected chi connectivity index (χ3v) is 5.22. The van der Waals surface area contributed by atoms with E-state index in [1.54, 1.807) is 7.11 Å². The van der Waals surface area contributed by atoms with Gasteiger partial charge in [-0.15, -0.1) is 0 Å². The molecule has 0 heterocycles. The first-order valence-corrected chi connectivity index (χ1v) is 9.95. The number of hydrogen-bond acceptors (Lipinski definition) is 3. The maximum atomic E-state index is 12.1. The Balaban J connectivity index is 1.90. The van der Waals surface area contributed by atoms with E-state index in [-0.39, 0.29) is 5.92 Å². The average molecular weight is 347 g/mol. The molecule has 25 heavy (non-hydrogen) atoms. The van der Waals surface area contributed by atoms with Crippen LogP contribution in [0.1, 0.15) is 88.2 Å². The summed E-state index contributed by atoms with van der Waals surface area (Å²) in [6, 6.07) is 6.29. The van der Waals surface area contributed by atoms with Gasteiger partial charge in [-0.1, -0.05) is 45.6 Å². The number of ether oxygens (including phenoxy) is 2. The first-order valence-electron chi connectivity index (χ1n) is 9.95. The van der Waals surface area contributed by atoms with Gasteiger partial charge in [0.2, 0.25) is 0 Å². The fourth-order valence-corrected chi connectivity index (χ4v) is 3.58. The lowest BCUT2D eigenvalue weighted by Crippen LogP contribution is -2.09. The maximum absolute atomic E-state index is 12.1. The fourth-order valence-electron chi connectivity index (χ4n) is 3.58. The first kappa shape index (κ1) is 20.0. The largest absolute Gasteiger partial charge is 0.497 e. The molecule has 3 nitrogen and oxygen atoms in total. The minimum absolute atomic E-state index is 0.0561. The van der Waals surface area contributed by atoms with E-state index < -0.39 is 0 Å². The van der Waals surface area contributed by atoms with Crippen LogP contribution in [0.15, 0.2) is 18.2 Å². The molecular weight excluding hydrogens is 312 g/mol. The molecule has 1 aliphatic carbocycles. The molecule has 0 bridgehead atoms. The van der Waals surface area contributed by atoms with Crippen molar-refractivity contribution in [2.45, 2.75) is 77.0 Å². The number of benzene rings is 1. The molecule has 0 N–H and O–H groups in total. The van der Waals surface area contributed by atoms with E-state index in [2.05, 4.69) is 26.0 Å². The second-order valence-corrected chi connectivity index (χ2v) is 7.34. The summed E-state index contributed by atoms with van der Waals surface area (Å²) in [4.78, 5) is 12.1. The zero-order chi connectivity index (χ0) is 18.1. The summed E-state index contributed by atoms with van der Waals surface area (Å²) in [7, 11) is 1.69. The van der Waals surface area contributed by atoms with Gasteiger partial charge in [-0.05, 0) is 42.5 Å². The Morgan fingerprint density at radius 2 is 1.96 bits per heavy atom. The highest BCUT2D eigenvalue weighted by Gasteiger charge is 2.27. The molecule has 1 aromatic carbocycles. The molecule has 140 valence electrons. The van der Waals surface area contributed by atoms with Crippen molar-refractivity contribution in [3.8, 4) is 5.75 Å². The Bertz CT molecular complexity index is 538. The van der Waals surface area contributed by atoms with Crippen LogP contribution < -0.4 is 4.74 Å². The highest BCUT2D eigenvalue weighted by atomic mass is 16.5. The van der Waals surface area contributed by atoms with Crippen molar-refractivity contribution in [1.82, 2.24) is 0 Å². The van der Waals surface area contributed by atoms with E-state index in [0.717, 1.165) is 43.8 Å². The lowest BCUT2D eigenvalue weighted by Gasteiger charge is -2.17. The van der Waals surface area contributed by atoms with Gasteiger partial charge < -0.3 is 9.47 Å². The summed E-state index contributed by atoms with van der Waals surface area (Å²) >= 11 is 0. The first-order chi connectivity index (χ1) is 12.2. The number of unbranched alkanes of at least 4 members (excludes halogenated alkanes) is 4. The van der Waals surface area contributed by atoms with Crippen LogP contribution in [-0.4, -0.2) is 26.1 Å². The SMILES string of the molecule is CCCCCCCOCC(C)c1cc(OC)cc(C2CCCC2=O)c1. The molecule has 2 rings (SSSR count). The zero-order valence-corrected chi connectivity index (χ0v) is 16.2. The monoisotopic (exact) mass is 346 g/mol. The van der Waals surface area contributed by atoms with Crippen molar-refractivity contribution in [3.05, 3.63) is 29.3 Å². The van der Waals surface area contributed by atoms with Crippen molar-refractivity contribution in [3.63, 3.8) is 0 Å². The van der Waals surface area contributed by atoms with Gasteiger partial charge in [0.05, 0.1) is 13.7 Å². The minimum atomic E-state index is 0.0561. The Morgan fingerprint density at radius 3 is 2.64 bits per heavy atom. The van der Waals surface area contributed by atoms with Crippen LogP contribution in [0.5, 0.6) is 5.75 Å². The third kappa shape index (κ3) is 6.14. The lowest BCUT2D eigenvalue weighted by atomic mass is 9.91. The molecule has 3 heteroatoms. The topological polar surface area (TPSA) is 35.5 Å². The number of hydrogen-bond donors (Lipinski definition) is 0. The van der Waals surface area contributed by atoms with E-state index in [9.17, 15) is 4.79 Å². The number of rotatable bonds is 11. The number of carbonyl (C=O) groups excluding carboxylic acids is 1. The summed E-state index contributed by atoms with van der Waals surface area (Å²) < 4.78 is 11.4. The van der Waals surface area contributed by atoms with Gasteiger partial charge in [-0.3, -0.25) is 4.79 Å². The minimum Gasteiger partial charge on any atom is -0.497 e. The fraction of sp³-hybridized carbons (Fsp3) is 0.682. The van der Waals surface area contributed by atoms with Crippen LogP contribution in [0, 0.1) is 0 Å². The van der Waals surface area contributed by atoms with Gasteiger partial charge in [0.1, 0.15) is 11.5 Å². The Kier molecular flexibility index (Phi) is 8.47. The highest BCUT2D eigenvalue weighted by Crippen LogP contribution is 2.35. The second kappa shape index (κ2) is 10.6. The summed E-state index contributed by atoms with van der Waals surface area (Å²) in [5.41, 5.74) is 2.32.